The molecule has 2 rings (SSSR count). The summed E-state index contributed by atoms with van der Waals surface area (Å²) in [5.74, 6) is -1.17. The molecule has 0 spiro atoms. The average Bonchev–Trinajstić information content (AvgIpc) is 2.78. The van der Waals surface area contributed by atoms with Crippen molar-refractivity contribution in [2.24, 2.45) is 0 Å². The van der Waals surface area contributed by atoms with E-state index in [0.29, 0.717) is 10.2 Å². The van der Waals surface area contributed by atoms with Crippen molar-refractivity contribution in [3.8, 4) is 0 Å². The van der Waals surface area contributed by atoms with Crippen LogP contribution in [0.4, 0.5) is 5.69 Å². The fourth-order valence-corrected chi connectivity index (χ4v) is 5.54. The van der Waals surface area contributed by atoms with Gasteiger partial charge >= 0.3 is 5.97 Å². The molecule has 9 heteroatoms. The van der Waals surface area contributed by atoms with Gasteiger partial charge in [0.05, 0.1) is 9.47 Å². The Morgan fingerprint density at radius 3 is 2.57 bits per heavy atom. The van der Waals surface area contributed by atoms with E-state index in [9.17, 15) is 13.2 Å². The van der Waals surface area contributed by atoms with Crippen molar-refractivity contribution in [3.05, 3.63) is 43.0 Å². The highest BCUT2D eigenvalue weighted by Gasteiger charge is 2.24. The van der Waals surface area contributed by atoms with Gasteiger partial charge < -0.3 is 5.11 Å². The monoisotopic (exact) mass is 453 g/mol. The minimum atomic E-state index is -3.88. The van der Waals surface area contributed by atoms with Crippen LogP contribution in [0.5, 0.6) is 0 Å². The first-order valence-corrected chi connectivity index (χ1v) is 9.41. The number of hydrogen-bond donors (Lipinski definition) is 2. The molecule has 0 saturated heterocycles. The number of hydrogen-bond acceptors (Lipinski definition) is 4. The number of anilines is 1. The molecule has 21 heavy (non-hydrogen) atoms. The summed E-state index contributed by atoms with van der Waals surface area (Å²) in [5.41, 5.74) is 1.27. The second-order valence-corrected chi connectivity index (χ2v) is 8.91. The summed E-state index contributed by atoms with van der Waals surface area (Å²) < 4.78 is 28.1. The highest BCUT2D eigenvalue weighted by Crippen LogP contribution is 2.34. The van der Waals surface area contributed by atoms with E-state index in [0.717, 1.165) is 23.0 Å². The topological polar surface area (TPSA) is 83.5 Å². The zero-order valence-corrected chi connectivity index (χ0v) is 15.4. The average molecular weight is 455 g/mol. The molecular weight excluding hydrogens is 446 g/mol. The highest BCUT2D eigenvalue weighted by molar-refractivity contribution is 9.11. The molecule has 0 aliphatic carbocycles. The van der Waals surface area contributed by atoms with Gasteiger partial charge in [-0.2, -0.15) is 0 Å². The fraction of sp³-hybridized carbons (Fsp3) is 0.0833. The van der Waals surface area contributed by atoms with Gasteiger partial charge in [0, 0.05) is 4.47 Å². The molecule has 0 bridgehead atoms. The third-order valence-electron chi connectivity index (χ3n) is 2.59. The summed E-state index contributed by atoms with van der Waals surface area (Å²) in [6, 6.07) is 6.31. The molecule has 0 atom stereocenters. The summed E-state index contributed by atoms with van der Waals surface area (Å²) in [4.78, 5) is 10.8. The first-order valence-electron chi connectivity index (χ1n) is 5.53. The van der Waals surface area contributed by atoms with Gasteiger partial charge in [0.2, 0.25) is 0 Å². The van der Waals surface area contributed by atoms with Gasteiger partial charge in [0.15, 0.2) is 0 Å². The maximum atomic E-state index is 12.4. The lowest BCUT2D eigenvalue weighted by atomic mass is 10.2. The molecule has 2 aromatic rings. The number of benzene rings is 1. The summed E-state index contributed by atoms with van der Waals surface area (Å²) in [6.45, 7) is 1.84. The van der Waals surface area contributed by atoms with E-state index in [2.05, 4.69) is 36.6 Å². The second-order valence-electron chi connectivity index (χ2n) is 4.10. The summed E-state index contributed by atoms with van der Waals surface area (Å²) in [6.07, 6.45) is 0. The van der Waals surface area contributed by atoms with Gasteiger partial charge in [-0.25, -0.2) is 13.2 Å². The van der Waals surface area contributed by atoms with Crippen LogP contribution in [0, 0.1) is 6.92 Å². The normalized spacial score (nSPS) is 11.4. The fourth-order valence-electron chi connectivity index (χ4n) is 1.57. The van der Waals surface area contributed by atoms with Crippen LogP contribution >= 0.6 is 43.2 Å². The summed E-state index contributed by atoms with van der Waals surface area (Å²) >= 11 is 7.27. The van der Waals surface area contributed by atoms with Crippen LogP contribution in [0.1, 0.15) is 15.2 Å². The lowest BCUT2D eigenvalue weighted by molar-refractivity contribution is 0.0702. The van der Waals surface area contributed by atoms with E-state index in [-0.39, 0.29) is 13.6 Å². The molecule has 0 fully saturated rings. The van der Waals surface area contributed by atoms with E-state index in [1.54, 1.807) is 12.1 Å². The van der Waals surface area contributed by atoms with Crippen LogP contribution < -0.4 is 4.72 Å². The molecule has 2 N–H and O–H groups in total. The Bertz CT molecular complexity index is 815. The molecule has 1 heterocycles. The highest BCUT2D eigenvalue weighted by atomic mass is 79.9. The zero-order valence-electron chi connectivity index (χ0n) is 10.6. The minimum absolute atomic E-state index is 0.0504. The van der Waals surface area contributed by atoms with Crippen LogP contribution in [0.3, 0.4) is 0 Å². The van der Waals surface area contributed by atoms with E-state index in [4.69, 9.17) is 5.11 Å². The van der Waals surface area contributed by atoms with Gasteiger partial charge in [-0.3, -0.25) is 4.72 Å². The molecule has 1 aromatic heterocycles. The molecule has 5 nitrogen and oxygen atoms in total. The number of sulfonamides is 1. The molecule has 0 radical (unpaired) electrons. The summed E-state index contributed by atoms with van der Waals surface area (Å²) in [5, 5.41) is 8.93. The third-order valence-corrected chi connectivity index (χ3v) is 7.25. The van der Waals surface area contributed by atoms with Crippen molar-refractivity contribution in [3.63, 3.8) is 0 Å². The molecule has 0 unspecified atom stereocenters. The van der Waals surface area contributed by atoms with Crippen molar-refractivity contribution in [2.45, 2.75) is 11.8 Å². The van der Waals surface area contributed by atoms with Crippen LogP contribution in [0.25, 0.3) is 0 Å². The van der Waals surface area contributed by atoms with E-state index >= 15 is 0 Å². The van der Waals surface area contributed by atoms with E-state index in [1.165, 1.54) is 0 Å². The van der Waals surface area contributed by atoms with Gasteiger partial charge in [0.1, 0.15) is 9.77 Å². The molecule has 0 aliphatic rings. The maximum absolute atomic E-state index is 12.4. The molecular formula is C12H9Br2NO4S2. The van der Waals surface area contributed by atoms with Crippen molar-refractivity contribution >= 4 is 64.9 Å². The van der Waals surface area contributed by atoms with Gasteiger partial charge in [-0.15, -0.1) is 11.3 Å². The Kier molecular flexibility index (Phi) is 4.76. The molecule has 1 aromatic carbocycles. The molecule has 112 valence electrons. The SMILES string of the molecule is Cc1cccc(NS(=O)(=O)c2cc(C(=O)O)sc2Br)c1Br. The standard InChI is InChI=1S/C12H9Br2NO4S2/c1-6-3-2-4-7(10(6)13)15-21(18,19)9-5-8(12(16)17)20-11(9)14/h2-5,15H,1H3,(H,16,17). The largest absolute Gasteiger partial charge is 0.477 e. The number of halogens is 2. The smallest absolute Gasteiger partial charge is 0.345 e. The second kappa shape index (κ2) is 6.07. The Balaban J connectivity index is 2.43. The van der Waals surface area contributed by atoms with E-state index in [1.807, 2.05) is 13.0 Å². The number of carboxylic acid groups (broad SMARTS) is 1. The lowest BCUT2D eigenvalue weighted by Crippen LogP contribution is -2.13. The predicted molar refractivity (Wildman–Crippen MR) is 88.7 cm³/mol. The Hall–Kier alpha value is -0.900. The number of aromatic carboxylic acids is 1. The number of aryl methyl sites for hydroxylation is 1. The number of rotatable bonds is 4. The van der Waals surface area contributed by atoms with Crippen LogP contribution in [-0.2, 0) is 10.0 Å². The minimum Gasteiger partial charge on any atom is -0.477 e. The first-order chi connectivity index (χ1) is 9.72. The number of nitrogens with one attached hydrogen (secondary N) is 1. The van der Waals surface area contributed by atoms with Gasteiger partial charge in [-0.1, -0.05) is 12.1 Å². The zero-order chi connectivity index (χ0) is 15.8. The van der Waals surface area contributed by atoms with E-state index < -0.39 is 16.0 Å². The van der Waals surface area contributed by atoms with Crippen LogP contribution in [0.2, 0.25) is 0 Å². The van der Waals surface area contributed by atoms with Crippen LogP contribution in [-0.4, -0.2) is 19.5 Å². The Morgan fingerprint density at radius 1 is 1.33 bits per heavy atom. The first kappa shape index (κ1) is 16.5. The summed E-state index contributed by atoms with van der Waals surface area (Å²) in [7, 11) is -3.88. The Morgan fingerprint density at radius 2 is 2.00 bits per heavy atom. The predicted octanol–water partition coefficient (Wildman–Crippen LogP) is 4.08. The molecule has 0 aliphatic heterocycles. The number of carboxylic acids is 1. The van der Waals surface area contributed by atoms with Gasteiger partial charge in [0.25, 0.3) is 10.0 Å². The molecule has 0 amide bonds. The van der Waals surface area contributed by atoms with Crippen molar-refractivity contribution in [1.82, 2.24) is 0 Å². The van der Waals surface area contributed by atoms with Crippen LogP contribution in [0.15, 0.2) is 37.4 Å². The number of carbonyl (C=O) groups is 1. The quantitative estimate of drug-likeness (QED) is 0.728. The number of thiophene rings is 1. The van der Waals surface area contributed by atoms with Crippen molar-refractivity contribution in [2.75, 3.05) is 4.72 Å². The maximum Gasteiger partial charge on any atom is 0.345 e. The third kappa shape index (κ3) is 3.47. The molecule has 0 saturated carbocycles. The lowest BCUT2D eigenvalue weighted by Gasteiger charge is -2.10. The van der Waals surface area contributed by atoms with Crippen molar-refractivity contribution < 1.29 is 18.3 Å². The van der Waals surface area contributed by atoms with Crippen molar-refractivity contribution in [1.29, 1.82) is 0 Å². The van der Waals surface area contributed by atoms with Gasteiger partial charge in [-0.05, 0) is 56.5 Å². The Labute approximate surface area is 142 Å².